The largest absolute Gasteiger partial charge is 0.463 e. The summed E-state index contributed by atoms with van der Waals surface area (Å²) in [5, 5.41) is 0. The van der Waals surface area contributed by atoms with Crippen LogP contribution in [0.15, 0.2) is 23.3 Å². The number of alkyl halides is 2. The van der Waals surface area contributed by atoms with Gasteiger partial charge in [0.2, 0.25) is 0 Å². The smallest absolute Gasteiger partial charge is 0.335 e. The van der Waals surface area contributed by atoms with Crippen molar-refractivity contribution in [2.24, 2.45) is 23.7 Å². The fourth-order valence-electron chi connectivity index (χ4n) is 3.92. The van der Waals surface area contributed by atoms with Crippen LogP contribution in [-0.2, 0) is 19.1 Å². The van der Waals surface area contributed by atoms with Gasteiger partial charge in [-0.3, -0.25) is 0 Å². The summed E-state index contributed by atoms with van der Waals surface area (Å²) in [6.07, 6.45) is 4.10. The summed E-state index contributed by atoms with van der Waals surface area (Å²) >= 11 is 7.40. The van der Waals surface area contributed by atoms with Crippen LogP contribution >= 0.6 is 31.9 Å². The fraction of sp³-hybridized carbons (Fsp3) is 0.625. The minimum atomic E-state index is -0.388. The zero-order valence-electron chi connectivity index (χ0n) is 12.4. The highest BCUT2D eigenvalue weighted by atomic mass is 79.9. The number of carbonyl (C=O) groups excluding carboxylic acids is 2. The maximum Gasteiger partial charge on any atom is 0.335 e. The Bertz CT molecular complexity index is 520. The van der Waals surface area contributed by atoms with E-state index in [0.29, 0.717) is 45.9 Å². The molecule has 6 heteroatoms. The van der Waals surface area contributed by atoms with Gasteiger partial charge in [0.25, 0.3) is 0 Å². The van der Waals surface area contributed by atoms with E-state index in [2.05, 4.69) is 31.9 Å². The lowest BCUT2D eigenvalue weighted by atomic mass is 9.51. The standard InChI is InChI=1S/C16H18Br2O4/c1-3-21-15(19)11-7-5-6-8(12(11)16(20)22-4-2)10-9(7)13(17)14(10)18/h5-10,13-14H,3-4H2,1-2H3/t7-,8-,9-,10-,13-,14-/m0/s1. The second-order valence-electron chi connectivity index (χ2n) is 5.75. The molecule has 0 N–H and O–H groups in total. The number of hydrogen-bond acceptors (Lipinski definition) is 4. The second-order valence-corrected chi connectivity index (χ2v) is 7.86. The normalized spacial score (nSPS) is 38.4. The van der Waals surface area contributed by atoms with Gasteiger partial charge in [-0.05, 0) is 25.7 Å². The first-order valence-corrected chi connectivity index (χ1v) is 9.40. The van der Waals surface area contributed by atoms with Crippen LogP contribution in [0, 0.1) is 23.7 Å². The monoisotopic (exact) mass is 432 g/mol. The Balaban J connectivity index is 2.05. The van der Waals surface area contributed by atoms with Gasteiger partial charge in [0.1, 0.15) is 0 Å². The van der Waals surface area contributed by atoms with E-state index >= 15 is 0 Å². The minimum Gasteiger partial charge on any atom is -0.463 e. The molecule has 0 aromatic carbocycles. The van der Waals surface area contributed by atoms with Crippen molar-refractivity contribution in [2.75, 3.05) is 13.2 Å². The Kier molecular flexibility index (Phi) is 4.52. The summed E-state index contributed by atoms with van der Waals surface area (Å²) in [5.74, 6) is -0.297. The van der Waals surface area contributed by atoms with Gasteiger partial charge in [0, 0.05) is 21.5 Å². The minimum absolute atomic E-state index is 0.0772. The zero-order chi connectivity index (χ0) is 16.0. The Morgan fingerprint density at radius 2 is 1.27 bits per heavy atom. The molecule has 1 saturated carbocycles. The highest BCUT2D eigenvalue weighted by Crippen LogP contribution is 2.61. The first kappa shape index (κ1) is 16.2. The van der Waals surface area contributed by atoms with Crippen molar-refractivity contribution in [1.82, 2.24) is 0 Å². The Morgan fingerprint density at radius 1 is 0.909 bits per heavy atom. The number of esters is 2. The lowest BCUT2D eigenvalue weighted by Crippen LogP contribution is -2.60. The van der Waals surface area contributed by atoms with Gasteiger partial charge in [-0.25, -0.2) is 9.59 Å². The molecule has 120 valence electrons. The molecule has 6 atom stereocenters. The molecule has 1 fully saturated rings. The van der Waals surface area contributed by atoms with Crippen LogP contribution in [-0.4, -0.2) is 34.8 Å². The molecule has 0 saturated heterocycles. The first-order chi connectivity index (χ1) is 10.5. The zero-order valence-corrected chi connectivity index (χ0v) is 15.6. The van der Waals surface area contributed by atoms with E-state index in [1.165, 1.54) is 0 Å². The number of hydrogen-bond donors (Lipinski definition) is 0. The lowest BCUT2D eigenvalue weighted by molar-refractivity contribution is -0.144. The molecule has 4 nitrogen and oxygen atoms in total. The van der Waals surface area contributed by atoms with E-state index in [0.717, 1.165) is 0 Å². The highest BCUT2D eigenvalue weighted by molar-refractivity contribution is 9.12. The maximum atomic E-state index is 12.4. The van der Waals surface area contributed by atoms with E-state index in [4.69, 9.17) is 9.47 Å². The number of halogens is 2. The summed E-state index contributed by atoms with van der Waals surface area (Å²) < 4.78 is 10.4. The van der Waals surface area contributed by atoms with Crippen LogP contribution in [0.5, 0.6) is 0 Å². The van der Waals surface area contributed by atoms with E-state index in [-0.39, 0.29) is 23.8 Å². The van der Waals surface area contributed by atoms with E-state index in [9.17, 15) is 9.59 Å². The molecule has 2 bridgehead atoms. The van der Waals surface area contributed by atoms with Crippen molar-refractivity contribution >= 4 is 43.8 Å². The van der Waals surface area contributed by atoms with E-state index in [1.807, 2.05) is 12.2 Å². The lowest BCUT2D eigenvalue weighted by Gasteiger charge is -2.58. The topological polar surface area (TPSA) is 52.6 Å². The van der Waals surface area contributed by atoms with Crippen molar-refractivity contribution in [3.05, 3.63) is 23.3 Å². The van der Waals surface area contributed by atoms with Crippen molar-refractivity contribution in [1.29, 1.82) is 0 Å². The van der Waals surface area contributed by atoms with Crippen LogP contribution < -0.4 is 0 Å². The second kappa shape index (κ2) is 6.11. The molecule has 22 heavy (non-hydrogen) atoms. The molecule has 0 spiro atoms. The number of rotatable bonds is 4. The molecule has 0 aromatic heterocycles. The van der Waals surface area contributed by atoms with Crippen LogP contribution in [0.1, 0.15) is 13.8 Å². The van der Waals surface area contributed by atoms with Crippen LogP contribution in [0.2, 0.25) is 0 Å². The highest BCUT2D eigenvalue weighted by Gasteiger charge is 2.61. The van der Waals surface area contributed by atoms with Crippen molar-refractivity contribution in [3.63, 3.8) is 0 Å². The third kappa shape index (κ3) is 2.21. The van der Waals surface area contributed by atoms with Gasteiger partial charge in [-0.15, -0.1) is 0 Å². The van der Waals surface area contributed by atoms with Crippen molar-refractivity contribution < 1.29 is 19.1 Å². The molecular weight excluding hydrogens is 416 g/mol. The fourth-order valence-corrected chi connectivity index (χ4v) is 5.99. The summed E-state index contributed by atoms with van der Waals surface area (Å²) in [7, 11) is 0. The third-order valence-electron chi connectivity index (χ3n) is 4.79. The van der Waals surface area contributed by atoms with Gasteiger partial charge >= 0.3 is 11.9 Å². The molecule has 0 aromatic rings. The molecule has 4 rings (SSSR count). The molecule has 4 aliphatic rings. The molecule has 0 unspecified atom stereocenters. The van der Waals surface area contributed by atoms with Crippen LogP contribution in [0.3, 0.4) is 0 Å². The SMILES string of the molecule is CCOC(=O)C1=C(C(=O)OCC)[C@H]2C=C[C@H]1[C@@H]1[C@H](Br)[C@@H](Br)[C@H]12. The van der Waals surface area contributed by atoms with Gasteiger partial charge in [0.15, 0.2) is 0 Å². The van der Waals surface area contributed by atoms with Crippen LogP contribution in [0.25, 0.3) is 0 Å². The molecule has 0 radical (unpaired) electrons. The summed E-state index contributed by atoms with van der Waals surface area (Å²) in [6.45, 7) is 4.14. The molecule has 0 heterocycles. The quantitative estimate of drug-likeness (QED) is 0.388. The Hall–Kier alpha value is -0.620. The average Bonchev–Trinajstić information content (AvgIpc) is 2.53. The average molecular weight is 434 g/mol. The number of ether oxygens (including phenoxy) is 2. The first-order valence-electron chi connectivity index (χ1n) is 7.57. The predicted octanol–water partition coefficient (Wildman–Crippen LogP) is 3.00. The van der Waals surface area contributed by atoms with E-state index in [1.54, 1.807) is 13.8 Å². The summed E-state index contributed by atoms with van der Waals surface area (Å²) in [4.78, 5) is 25.4. The third-order valence-corrected chi connectivity index (χ3v) is 7.86. The van der Waals surface area contributed by atoms with Crippen molar-refractivity contribution in [3.8, 4) is 0 Å². The molecular formula is C16H18Br2O4. The maximum absolute atomic E-state index is 12.4. The van der Waals surface area contributed by atoms with Gasteiger partial charge in [-0.1, -0.05) is 44.0 Å². The summed E-state index contributed by atoms with van der Waals surface area (Å²) in [6, 6.07) is 0. The van der Waals surface area contributed by atoms with Gasteiger partial charge in [-0.2, -0.15) is 0 Å². The molecule has 0 amide bonds. The molecule has 0 aliphatic heterocycles. The van der Waals surface area contributed by atoms with Crippen molar-refractivity contribution in [2.45, 2.75) is 23.5 Å². The van der Waals surface area contributed by atoms with Gasteiger partial charge in [0.05, 0.1) is 24.4 Å². The number of allylic oxidation sites excluding steroid dienone is 2. The number of carbonyl (C=O) groups is 2. The van der Waals surface area contributed by atoms with Gasteiger partial charge < -0.3 is 9.47 Å². The molecule has 4 aliphatic carbocycles. The predicted molar refractivity (Wildman–Crippen MR) is 88.8 cm³/mol. The summed E-state index contributed by atoms with van der Waals surface area (Å²) in [5.41, 5.74) is 0.996. The Labute approximate surface area is 146 Å². The van der Waals surface area contributed by atoms with E-state index < -0.39 is 0 Å². The Morgan fingerprint density at radius 3 is 1.59 bits per heavy atom. The van der Waals surface area contributed by atoms with Crippen LogP contribution in [0.4, 0.5) is 0 Å².